The predicted molar refractivity (Wildman–Crippen MR) is 66.0 cm³/mol. The molecule has 0 radical (unpaired) electrons. The van der Waals surface area contributed by atoms with Gasteiger partial charge < -0.3 is 1.43 Å². The summed E-state index contributed by atoms with van der Waals surface area (Å²) < 4.78 is 0. The van der Waals surface area contributed by atoms with Crippen molar-refractivity contribution in [1.29, 1.82) is 0 Å². The van der Waals surface area contributed by atoms with Crippen molar-refractivity contribution in [1.82, 2.24) is 0 Å². The smallest absolute Gasteiger partial charge is 1.00 e. The van der Waals surface area contributed by atoms with E-state index in [1.165, 1.54) is 38.5 Å². The maximum absolute atomic E-state index is 10.8. The summed E-state index contributed by atoms with van der Waals surface area (Å²) in [5, 5.41) is 8.79. The average molecular weight is 269 g/mol. The van der Waals surface area contributed by atoms with Crippen molar-refractivity contribution in [3.8, 4) is 0 Å². The third-order valence-corrected chi connectivity index (χ3v) is 2.66. The van der Waals surface area contributed by atoms with Crippen LogP contribution >= 0.6 is 0 Å². The summed E-state index contributed by atoms with van der Waals surface area (Å²) in [4.78, 5) is 24.4. The maximum atomic E-state index is 10.8. The zero-order valence-corrected chi connectivity index (χ0v) is 13.7. The molecule has 0 fully saturated rings. The molecule has 0 amide bonds. The summed E-state index contributed by atoms with van der Waals surface area (Å²) in [6.45, 7) is 2.20. The molecule has 102 valence electrons. The summed E-state index contributed by atoms with van der Waals surface area (Å²) in [6, 6.07) is 0. The molecule has 6 heteroatoms. The van der Waals surface area contributed by atoms with Crippen LogP contribution in [0.3, 0.4) is 0 Å². The molecule has 0 spiro atoms. The molecule has 0 saturated heterocycles. The van der Waals surface area contributed by atoms with E-state index in [0.717, 1.165) is 12.8 Å². The fraction of sp³-hybridized carbons (Fsp3) is 0.917. The molecule has 0 aliphatic carbocycles. The van der Waals surface area contributed by atoms with Gasteiger partial charge in [0.25, 0.3) is 0 Å². The van der Waals surface area contributed by atoms with Crippen LogP contribution in [-0.2, 0) is 9.63 Å². The number of nitrogens with zero attached hydrogens (tertiary/aromatic N) is 1. The molecule has 0 bridgehead atoms. The van der Waals surface area contributed by atoms with Crippen molar-refractivity contribution in [2.24, 2.45) is 0 Å². The molecule has 0 aromatic carbocycles. The van der Waals surface area contributed by atoms with Crippen LogP contribution in [0.5, 0.6) is 0 Å². The Kier molecular flexibility index (Phi) is 16.7. The zero-order chi connectivity index (χ0) is 12.9. The van der Waals surface area contributed by atoms with E-state index in [1.807, 2.05) is 0 Å². The van der Waals surface area contributed by atoms with E-state index in [2.05, 4.69) is 11.8 Å². The number of carbonyl (C=O) groups excluding carboxylic acids is 1. The van der Waals surface area contributed by atoms with E-state index < -0.39 is 11.1 Å². The van der Waals surface area contributed by atoms with Gasteiger partial charge in [0.05, 0.1) is 0 Å². The molecule has 0 aliphatic heterocycles. The number of hydrogen-bond donors (Lipinski definition) is 0. The van der Waals surface area contributed by atoms with Crippen LogP contribution in [0.2, 0.25) is 0 Å². The molecule has 0 aromatic heterocycles. The van der Waals surface area contributed by atoms with Gasteiger partial charge in [0.15, 0.2) is 0 Å². The van der Waals surface area contributed by atoms with Gasteiger partial charge in [-0.15, -0.1) is 10.1 Å². The Morgan fingerprint density at radius 3 is 1.94 bits per heavy atom. The van der Waals surface area contributed by atoms with E-state index in [4.69, 9.17) is 0 Å². The third kappa shape index (κ3) is 15.9. The third-order valence-electron chi connectivity index (χ3n) is 2.66. The van der Waals surface area contributed by atoms with Gasteiger partial charge in [-0.1, -0.05) is 58.3 Å². The first-order valence-corrected chi connectivity index (χ1v) is 6.52. The minimum absolute atomic E-state index is 0. The van der Waals surface area contributed by atoms with E-state index in [0.29, 0.717) is 6.42 Å². The summed E-state index contributed by atoms with van der Waals surface area (Å²) in [5.41, 5.74) is 0. The van der Waals surface area contributed by atoms with E-state index in [1.54, 1.807) is 0 Å². The van der Waals surface area contributed by atoms with Crippen molar-refractivity contribution in [2.45, 2.75) is 71.1 Å². The topological polar surface area (TPSA) is 69.4 Å². The standard InChI is InChI=1S/C12H23NO4.Na.H/c1-2-3-4-5-6-7-8-9-10-11-12(14)17-13(15)16;;/h2-11H2,1H3;;/q;+1;-1. The van der Waals surface area contributed by atoms with Gasteiger partial charge in [0.1, 0.15) is 0 Å². The molecular formula is C12H24NNaO4. The Balaban J connectivity index is -0.00000128. The zero-order valence-electron chi connectivity index (χ0n) is 12.7. The van der Waals surface area contributed by atoms with Gasteiger partial charge in [0, 0.05) is 6.42 Å². The van der Waals surface area contributed by atoms with E-state index in [9.17, 15) is 14.9 Å². The number of hydrogen-bond acceptors (Lipinski definition) is 4. The SMILES string of the molecule is CCCCCCCCCCCC(=O)O[N+](=O)[O-].[H-].[Na+]. The second-order valence-corrected chi connectivity index (χ2v) is 4.27. The molecule has 0 saturated carbocycles. The molecule has 18 heavy (non-hydrogen) atoms. The summed E-state index contributed by atoms with van der Waals surface area (Å²) in [6.07, 6.45) is 10.5. The van der Waals surface area contributed by atoms with E-state index >= 15 is 0 Å². The molecular weight excluding hydrogens is 245 g/mol. The fourth-order valence-electron chi connectivity index (χ4n) is 1.71. The van der Waals surface area contributed by atoms with Crippen LogP contribution in [0, 0.1) is 10.1 Å². The van der Waals surface area contributed by atoms with Crippen molar-refractivity contribution < 1.29 is 45.7 Å². The number of carbonyl (C=O) groups is 1. The summed E-state index contributed by atoms with van der Waals surface area (Å²) in [7, 11) is 0. The Bertz CT molecular complexity index is 230. The first kappa shape index (κ1) is 20.2. The van der Waals surface area contributed by atoms with E-state index in [-0.39, 0.29) is 37.4 Å². The fourth-order valence-corrected chi connectivity index (χ4v) is 1.71. The van der Waals surface area contributed by atoms with Gasteiger partial charge in [-0.2, -0.15) is 0 Å². The quantitative estimate of drug-likeness (QED) is 0.240. The average Bonchev–Trinajstić information content (AvgIpc) is 2.26. The second-order valence-electron chi connectivity index (χ2n) is 4.27. The first-order chi connectivity index (χ1) is 8.16. The van der Waals surface area contributed by atoms with Crippen molar-refractivity contribution in [3.05, 3.63) is 10.1 Å². The van der Waals surface area contributed by atoms with Crippen LogP contribution in [0.1, 0.15) is 72.6 Å². The number of unbranched alkanes of at least 4 members (excludes halogenated alkanes) is 8. The summed E-state index contributed by atoms with van der Waals surface area (Å²) in [5.74, 6) is -0.738. The monoisotopic (exact) mass is 269 g/mol. The Morgan fingerprint density at radius 2 is 1.50 bits per heavy atom. The van der Waals surface area contributed by atoms with Gasteiger partial charge in [-0.05, 0) is 6.42 Å². The minimum atomic E-state index is -1.05. The van der Waals surface area contributed by atoms with Crippen LogP contribution in [0.4, 0.5) is 0 Å². The molecule has 0 aliphatic rings. The summed E-state index contributed by atoms with van der Waals surface area (Å²) >= 11 is 0. The van der Waals surface area contributed by atoms with Gasteiger partial charge >= 0.3 is 40.6 Å². The molecule has 5 nitrogen and oxygen atoms in total. The first-order valence-electron chi connectivity index (χ1n) is 6.52. The van der Waals surface area contributed by atoms with Crippen molar-refractivity contribution >= 4 is 5.97 Å². The molecule has 0 atom stereocenters. The van der Waals surface area contributed by atoms with Gasteiger partial charge in [0.2, 0.25) is 0 Å². The Labute approximate surface area is 133 Å². The maximum Gasteiger partial charge on any atom is 1.00 e. The van der Waals surface area contributed by atoms with Crippen LogP contribution < -0.4 is 29.6 Å². The largest absolute Gasteiger partial charge is 1.00 e. The van der Waals surface area contributed by atoms with Crippen LogP contribution in [0.25, 0.3) is 0 Å². The van der Waals surface area contributed by atoms with Gasteiger partial charge in [-0.3, -0.25) is 4.79 Å². The molecule has 0 rings (SSSR count). The van der Waals surface area contributed by atoms with Crippen LogP contribution in [-0.4, -0.2) is 11.1 Å². The normalized spacial score (nSPS) is 9.61. The Morgan fingerprint density at radius 1 is 1.06 bits per heavy atom. The molecule has 0 unspecified atom stereocenters. The molecule has 0 aromatic rings. The van der Waals surface area contributed by atoms with Crippen molar-refractivity contribution in [2.75, 3.05) is 0 Å². The number of rotatable bonds is 11. The minimum Gasteiger partial charge on any atom is -1.00 e. The van der Waals surface area contributed by atoms with Gasteiger partial charge in [-0.25, -0.2) is 4.84 Å². The predicted octanol–water partition coefficient (Wildman–Crippen LogP) is 0.759. The van der Waals surface area contributed by atoms with Crippen molar-refractivity contribution in [3.63, 3.8) is 0 Å². The Hall–Kier alpha value is -0.130. The van der Waals surface area contributed by atoms with Crippen LogP contribution in [0.15, 0.2) is 0 Å². The molecule has 0 N–H and O–H groups in total. The second kappa shape index (κ2) is 14.9. The molecule has 0 heterocycles.